The van der Waals surface area contributed by atoms with Crippen LogP contribution in [0.4, 0.5) is 19.2 Å². The minimum Gasteiger partial charge on any atom is -0.491 e. The zero-order valence-corrected chi connectivity index (χ0v) is 81.4. The lowest BCUT2D eigenvalue weighted by molar-refractivity contribution is -0.141. The smallest absolute Gasteiger partial charge is 0.408 e. The lowest BCUT2D eigenvalue weighted by Gasteiger charge is -2.24. The van der Waals surface area contributed by atoms with Crippen molar-refractivity contribution in [3.05, 3.63) is 208 Å². The molecule has 720 valence electrons. The molecule has 24 N–H and O–H groups in total. The maximum Gasteiger partial charge on any atom is 0.408 e. The summed E-state index contributed by atoms with van der Waals surface area (Å²) in [4.78, 5) is 58.3. The highest BCUT2D eigenvalue weighted by atomic mass is 127. The molecule has 0 fully saturated rings. The quantitative estimate of drug-likeness (QED) is 0.00961. The van der Waals surface area contributed by atoms with E-state index in [9.17, 15) is 29.1 Å². The number of alkyl carbamates (subject to hydrolysis) is 4. The summed E-state index contributed by atoms with van der Waals surface area (Å²) in [7, 11) is 0. The van der Waals surface area contributed by atoms with Crippen LogP contribution < -0.4 is 82.1 Å². The molecule has 36 heteroatoms. The van der Waals surface area contributed by atoms with E-state index in [1.54, 1.807) is 41.5 Å². The van der Waals surface area contributed by atoms with E-state index >= 15 is 0 Å². The number of carboxylic acids is 1. The van der Waals surface area contributed by atoms with Gasteiger partial charge < -0.3 is 140 Å². The number of amides is 4. The minimum atomic E-state index is -1.17. The Bertz CT molecular complexity index is 3610. The van der Waals surface area contributed by atoms with Crippen molar-refractivity contribution >= 4 is 91.5 Å². The summed E-state index contributed by atoms with van der Waals surface area (Å²) < 4.78 is 54.7. The molecule has 0 saturated carbocycles. The second-order valence-electron chi connectivity index (χ2n) is 32.1. The summed E-state index contributed by atoms with van der Waals surface area (Å²) in [6, 6.07) is 50.9. The number of hydrogen-bond acceptors (Lipinski definition) is 27. The fourth-order valence-electron chi connectivity index (χ4n) is 9.78. The molecule has 6 aromatic rings. The first-order valence-corrected chi connectivity index (χ1v) is 41.1. The number of halogens is 4. The molecule has 0 spiro atoms. The maximum absolute atomic E-state index is 12.2. The SMILES string of the molecule is CC(C)(C)OC(=O)N[C@@H](COCc1ccccc1)C(=O)O.CC(C)(C)OC(=O)N[C@H](CNCCN)COCc1ccccc1.CC(C)(C)OC(=O)N[C@H](CO)COCc1ccccc1.Cc1cc(C)c(OC[C@H](COCc2ccccc2)NC(=O)OC(C)(C)C)c(C)c1.Cl.Cl.Cl.I.NCCN.NCCNC[C@@H](N)CO.NCCNC[C@@H](N)COCc1ccccc1. The van der Waals surface area contributed by atoms with Gasteiger partial charge in [0.2, 0.25) is 0 Å². The Morgan fingerprint density at radius 1 is 0.357 bits per heavy atom. The Morgan fingerprint density at radius 2 is 0.635 bits per heavy atom. The molecule has 0 aliphatic carbocycles. The molecule has 0 aromatic heterocycles. The third-order valence-electron chi connectivity index (χ3n) is 15.1. The number of aryl methyl sites for hydroxylation is 3. The minimum absolute atomic E-state index is 0. The molecular formula is C90H154Cl3IN14O18. The van der Waals surface area contributed by atoms with Gasteiger partial charge in [0.1, 0.15) is 34.8 Å². The average molecular weight is 1950 g/mol. The van der Waals surface area contributed by atoms with Gasteiger partial charge in [0.25, 0.3) is 0 Å². The molecule has 0 bridgehead atoms. The van der Waals surface area contributed by atoms with Crippen LogP contribution >= 0.6 is 61.2 Å². The molecule has 0 saturated heterocycles. The maximum atomic E-state index is 12.2. The number of carbonyl (C=O) groups is 5. The molecule has 126 heavy (non-hydrogen) atoms. The molecule has 6 atom stereocenters. The van der Waals surface area contributed by atoms with E-state index in [0.29, 0.717) is 105 Å². The van der Waals surface area contributed by atoms with E-state index in [1.165, 1.54) is 11.1 Å². The van der Waals surface area contributed by atoms with Crippen LogP contribution in [-0.2, 0) is 80.5 Å². The summed E-state index contributed by atoms with van der Waals surface area (Å²) in [5.74, 6) is -0.330. The third-order valence-corrected chi connectivity index (χ3v) is 15.1. The first kappa shape index (κ1) is 127. The topological polar surface area (TPSA) is 505 Å². The summed E-state index contributed by atoms with van der Waals surface area (Å²) in [6.07, 6.45) is -2.26. The van der Waals surface area contributed by atoms with E-state index in [4.69, 9.17) is 97.7 Å². The molecule has 0 aliphatic heterocycles. The van der Waals surface area contributed by atoms with E-state index in [1.807, 2.05) is 207 Å². The number of benzene rings is 6. The first-order valence-electron chi connectivity index (χ1n) is 41.1. The Hall–Kier alpha value is -7.41. The van der Waals surface area contributed by atoms with Crippen LogP contribution in [0.15, 0.2) is 164 Å². The van der Waals surface area contributed by atoms with Gasteiger partial charge in [-0.05, 0) is 143 Å². The number of nitrogens with one attached hydrogen (secondary N) is 7. The number of aliphatic hydroxyl groups is 2. The standard InChI is InChI=1S/C24H33NO4.C17H29N3O3.C15H21NO5.C15H23NO4.C12H21N3O.C5H15N3O.C2H8N2.3ClH.HI/c1-17-12-18(2)22(19(3)13-17)28-16-21(25-23(26)29-24(4,5)6)15-27-14-20-10-8-7-9-11-20;1-17(2,3)23-16(21)20-15(11-19-10-9-18)13-22-12-14-7-5-4-6-8-14;1-15(2,3)21-14(19)16-12(13(17)18)10-20-9-11-7-5-4-6-8-11;1-15(2,3)20-14(18)16-13(9-17)11-19-10-12-7-5-4-6-8-12;13-6-7-15-8-12(14)10-16-9-11-4-2-1-3-5-11;6-1-2-8-3-5(7)4-9;3-1-2-4;;;;/h7-13,21H,14-16H2,1-6H3,(H,25,26);4-8,15,19H,9-13,18H2,1-3H3,(H,20,21);4-8,12H,9-10H2,1-3H3,(H,16,19)(H,17,18);4-8,13,17H,9-11H2,1-3H3,(H,16,18);1-5,12,15H,6-10,13-14H2;5,8-9H,1-4,6-7H2;1-4H2;4*1H/t21-;15-;12-;13-;12-;5-;;;;;/m010111...../s1. The highest BCUT2D eigenvalue weighted by Crippen LogP contribution is 2.25. The number of carbonyl (C=O) groups excluding carboxylic acids is 4. The van der Waals surface area contributed by atoms with Crippen LogP contribution in [-0.4, -0.2) is 229 Å². The van der Waals surface area contributed by atoms with Gasteiger partial charge in [0, 0.05) is 84.1 Å². The summed E-state index contributed by atoms with van der Waals surface area (Å²) in [6.45, 7) is 38.5. The molecule has 32 nitrogen and oxygen atoms in total. The van der Waals surface area contributed by atoms with Gasteiger partial charge >= 0.3 is 30.3 Å². The summed E-state index contributed by atoms with van der Waals surface area (Å²) >= 11 is 0. The predicted molar refractivity (Wildman–Crippen MR) is 518 cm³/mol. The van der Waals surface area contributed by atoms with Crippen LogP contribution in [0.2, 0.25) is 0 Å². The molecular weight excluding hydrogens is 1800 g/mol. The third kappa shape index (κ3) is 75.6. The molecule has 4 amide bonds. The highest BCUT2D eigenvalue weighted by Gasteiger charge is 2.26. The van der Waals surface area contributed by atoms with E-state index < -0.39 is 64.8 Å². The Morgan fingerprint density at radius 3 is 0.937 bits per heavy atom. The Labute approximate surface area is 785 Å². The van der Waals surface area contributed by atoms with Crippen LogP contribution in [0.5, 0.6) is 5.75 Å². The average Bonchev–Trinajstić information content (AvgIpc) is 0.844. The zero-order valence-electron chi connectivity index (χ0n) is 76.7. The zero-order chi connectivity index (χ0) is 91.6. The predicted octanol–water partition coefficient (Wildman–Crippen LogP) is 9.74. The lowest BCUT2D eigenvalue weighted by Crippen LogP contribution is -2.47. The number of rotatable bonds is 43. The normalized spacial score (nSPS) is 12.1. The van der Waals surface area contributed by atoms with E-state index in [2.05, 4.69) is 56.3 Å². The van der Waals surface area contributed by atoms with Gasteiger partial charge in [0.15, 0.2) is 6.04 Å². The first-order chi connectivity index (χ1) is 57.8. The number of aliphatic carboxylic acids is 1. The molecule has 0 heterocycles. The lowest BCUT2D eigenvalue weighted by atomic mass is 10.1. The molecule has 0 aliphatic rings. The fraction of sp³-hybridized carbons (Fsp3) is 0.544. The second-order valence-corrected chi connectivity index (χ2v) is 32.1. The van der Waals surface area contributed by atoms with Crippen molar-refractivity contribution in [2.45, 2.75) is 196 Å². The summed E-state index contributed by atoms with van der Waals surface area (Å²) in [5, 5.41) is 46.6. The van der Waals surface area contributed by atoms with Crippen molar-refractivity contribution in [1.29, 1.82) is 0 Å². The van der Waals surface area contributed by atoms with Crippen LogP contribution in [0.1, 0.15) is 128 Å². The van der Waals surface area contributed by atoms with Crippen molar-refractivity contribution in [1.82, 2.24) is 37.2 Å². The van der Waals surface area contributed by atoms with E-state index in [0.717, 1.165) is 58.8 Å². The molecule has 0 radical (unpaired) electrons. The van der Waals surface area contributed by atoms with Crippen LogP contribution in [0.3, 0.4) is 0 Å². The fourth-order valence-corrected chi connectivity index (χ4v) is 9.78. The van der Waals surface area contributed by atoms with Crippen molar-refractivity contribution in [3.8, 4) is 5.75 Å². The number of ether oxygens (including phenoxy) is 10. The van der Waals surface area contributed by atoms with E-state index in [-0.39, 0.29) is 118 Å². The van der Waals surface area contributed by atoms with Crippen molar-refractivity contribution in [2.24, 2.45) is 40.1 Å². The number of nitrogens with two attached hydrogens (primary N) is 7. The van der Waals surface area contributed by atoms with Crippen molar-refractivity contribution in [2.75, 3.05) is 125 Å². The van der Waals surface area contributed by atoms with Gasteiger partial charge in [-0.2, -0.15) is 0 Å². The number of aliphatic hydroxyl groups excluding tert-OH is 2. The number of hydrogen-bond donors (Lipinski definition) is 17. The van der Waals surface area contributed by atoms with Gasteiger partial charge in [-0.3, -0.25) is 0 Å². The molecule has 0 unspecified atom stereocenters. The molecule has 6 rings (SSSR count). The Kier molecular flexibility index (Phi) is 77.1. The van der Waals surface area contributed by atoms with Gasteiger partial charge in [-0.25, -0.2) is 24.0 Å². The van der Waals surface area contributed by atoms with Crippen molar-refractivity contribution < 1.29 is 86.7 Å². The van der Waals surface area contributed by atoms with Gasteiger partial charge in [-0.1, -0.05) is 169 Å². The van der Waals surface area contributed by atoms with Crippen molar-refractivity contribution in [3.63, 3.8) is 0 Å². The monoisotopic (exact) mass is 1950 g/mol. The largest absolute Gasteiger partial charge is 0.491 e. The van der Waals surface area contributed by atoms with Crippen LogP contribution in [0, 0.1) is 20.8 Å². The Balaban J connectivity index is -0.000000468. The highest BCUT2D eigenvalue weighted by molar-refractivity contribution is 14.0. The number of carboxylic acid groups (broad SMARTS) is 1. The van der Waals surface area contributed by atoms with Gasteiger partial charge in [0.05, 0.1) is 97.4 Å². The summed E-state index contributed by atoms with van der Waals surface area (Å²) in [5.41, 5.74) is 43.4. The molecule has 6 aromatic carbocycles. The van der Waals surface area contributed by atoms with Gasteiger partial charge in [-0.15, -0.1) is 61.2 Å². The second kappa shape index (κ2) is 76.5. The van der Waals surface area contributed by atoms with Crippen LogP contribution in [0.25, 0.3) is 0 Å².